The van der Waals surface area contributed by atoms with Crippen LogP contribution in [0.3, 0.4) is 0 Å². The molecule has 0 aliphatic heterocycles. The summed E-state index contributed by atoms with van der Waals surface area (Å²) in [6.07, 6.45) is 4.88. The lowest BCUT2D eigenvalue weighted by atomic mass is 9.73. The van der Waals surface area contributed by atoms with E-state index in [0.29, 0.717) is 11.5 Å². The highest BCUT2D eigenvalue weighted by atomic mass is 16.5. The maximum absolute atomic E-state index is 13.0. The van der Waals surface area contributed by atoms with Gasteiger partial charge >= 0.3 is 11.9 Å². The monoisotopic (exact) mass is 483 g/mol. The molecule has 5 heteroatoms. The molecule has 1 N–H and O–H groups in total. The van der Waals surface area contributed by atoms with Crippen LogP contribution >= 0.6 is 0 Å². The molecule has 1 aromatic carbocycles. The maximum Gasteiger partial charge on any atom is 0.316 e. The van der Waals surface area contributed by atoms with Gasteiger partial charge in [-0.05, 0) is 111 Å². The Hall–Kier alpha value is -2.40. The summed E-state index contributed by atoms with van der Waals surface area (Å²) in [6.45, 7) is 23.1. The third-order valence-electron chi connectivity index (χ3n) is 6.35. The van der Waals surface area contributed by atoms with Gasteiger partial charge in [-0.25, -0.2) is 0 Å². The normalized spacial score (nSPS) is 18.6. The van der Waals surface area contributed by atoms with E-state index in [0.717, 1.165) is 49.1 Å². The molecule has 0 bridgehead atoms. The molecule has 194 valence electrons. The van der Waals surface area contributed by atoms with E-state index in [9.17, 15) is 9.59 Å². The first kappa shape index (κ1) is 28.8. The Morgan fingerprint density at radius 2 is 1.54 bits per heavy atom. The minimum atomic E-state index is -0.675. The third-order valence-corrected chi connectivity index (χ3v) is 6.35. The lowest BCUT2D eigenvalue weighted by Crippen LogP contribution is -2.29. The molecule has 0 aromatic heterocycles. The van der Waals surface area contributed by atoms with Crippen LogP contribution in [-0.4, -0.2) is 25.0 Å². The van der Waals surface area contributed by atoms with Crippen LogP contribution in [0.2, 0.25) is 0 Å². The van der Waals surface area contributed by atoms with Crippen molar-refractivity contribution in [3.8, 4) is 11.5 Å². The minimum absolute atomic E-state index is 0.102. The largest absolute Gasteiger partial charge is 0.426 e. The van der Waals surface area contributed by atoms with Crippen LogP contribution in [0.15, 0.2) is 35.9 Å². The van der Waals surface area contributed by atoms with Crippen molar-refractivity contribution in [1.82, 2.24) is 5.32 Å². The molecule has 1 aliphatic carbocycles. The van der Waals surface area contributed by atoms with Gasteiger partial charge < -0.3 is 14.8 Å². The first-order valence-corrected chi connectivity index (χ1v) is 12.8. The number of hydrogen-bond donors (Lipinski definition) is 1. The molecule has 1 aliphatic rings. The van der Waals surface area contributed by atoms with Gasteiger partial charge in [0.15, 0.2) is 0 Å². The van der Waals surface area contributed by atoms with Crippen molar-refractivity contribution >= 4 is 11.9 Å². The highest BCUT2D eigenvalue weighted by Crippen LogP contribution is 2.48. The quantitative estimate of drug-likeness (QED) is 0.192. The van der Waals surface area contributed by atoms with Gasteiger partial charge in [0.05, 0.1) is 10.8 Å². The number of carbonyl (C=O) groups is 2. The highest BCUT2D eigenvalue weighted by Gasteiger charge is 2.35. The Bertz CT molecular complexity index is 926. The number of carbonyl (C=O) groups excluding carboxylic acids is 2. The van der Waals surface area contributed by atoms with Crippen LogP contribution in [0, 0.1) is 16.7 Å². The number of hydrogen-bond acceptors (Lipinski definition) is 5. The standard InChI is InChI=1S/C30H45NO4/c1-11-31-15-14-21-17-24(34-27(32)29(5,6)7)26(25(18-21)35-28(33)30(8,9)10)23-16-20(4)12-13-22(23)19(2)3/h16-18,22-23,31H,2,11-15H2,1,3-10H3/t22-,23+/m0/s1. The first-order valence-electron chi connectivity index (χ1n) is 12.8. The molecule has 0 radical (unpaired) electrons. The zero-order valence-corrected chi connectivity index (χ0v) is 23.3. The number of benzene rings is 1. The van der Waals surface area contributed by atoms with E-state index in [1.54, 1.807) is 0 Å². The summed E-state index contributed by atoms with van der Waals surface area (Å²) in [6, 6.07) is 3.88. The average Bonchev–Trinajstić information content (AvgIpc) is 2.72. The smallest absolute Gasteiger partial charge is 0.316 e. The molecule has 0 heterocycles. The molecule has 0 fully saturated rings. The summed E-state index contributed by atoms with van der Waals surface area (Å²) in [4.78, 5) is 26.1. The van der Waals surface area contributed by atoms with Gasteiger partial charge in [-0.15, -0.1) is 0 Å². The summed E-state index contributed by atoms with van der Waals surface area (Å²) in [5.41, 5.74) is 2.68. The third kappa shape index (κ3) is 7.79. The van der Waals surface area contributed by atoms with Gasteiger partial charge in [-0.3, -0.25) is 9.59 Å². The van der Waals surface area contributed by atoms with E-state index in [-0.39, 0.29) is 23.8 Å². The van der Waals surface area contributed by atoms with Crippen molar-refractivity contribution in [3.05, 3.63) is 47.1 Å². The molecule has 2 rings (SSSR count). The van der Waals surface area contributed by atoms with Gasteiger partial charge in [-0.1, -0.05) is 30.7 Å². The number of ether oxygens (including phenoxy) is 2. The van der Waals surface area contributed by atoms with Crippen LogP contribution < -0.4 is 14.8 Å². The van der Waals surface area contributed by atoms with Crippen molar-refractivity contribution < 1.29 is 19.1 Å². The molecule has 0 amide bonds. The summed E-state index contributed by atoms with van der Waals surface area (Å²) in [7, 11) is 0. The molecule has 2 atom stereocenters. The number of rotatable bonds is 8. The van der Waals surface area contributed by atoms with E-state index < -0.39 is 10.8 Å². The second-order valence-electron chi connectivity index (χ2n) is 11.9. The van der Waals surface area contributed by atoms with E-state index in [2.05, 4.69) is 31.8 Å². The van der Waals surface area contributed by atoms with Crippen LogP contribution in [0.1, 0.15) is 92.2 Å². The summed E-state index contributed by atoms with van der Waals surface area (Å²) >= 11 is 0. The fourth-order valence-corrected chi connectivity index (χ4v) is 4.12. The minimum Gasteiger partial charge on any atom is -0.426 e. The molecule has 1 aromatic rings. The van der Waals surface area contributed by atoms with Crippen LogP contribution in [0.4, 0.5) is 0 Å². The SMILES string of the molecule is C=C(C)[C@@H]1CCC(C)=C[C@H]1c1c(OC(=O)C(C)(C)C)cc(CCNCC)cc1OC(=O)C(C)(C)C. The lowest BCUT2D eigenvalue weighted by Gasteiger charge is -2.33. The zero-order chi connectivity index (χ0) is 26.6. The first-order chi connectivity index (χ1) is 16.1. The van der Waals surface area contributed by atoms with Crippen molar-refractivity contribution in [2.45, 2.75) is 87.5 Å². The van der Waals surface area contributed by atoms with E-state index in [1.807, 2.05) is 60.6 Å². The van der Waals surface area contributed by atoms with Crippen LogP contribution in [-0.2, 0) is 16.0 Å². The zero-order valence-electron chi connectivity index (χ0n) is 23.3. The van der Waals surface area contributed by atoms with Gasteiger partial charge in [0.2, 0.25) is 0 Å². The van der Waals surface area contributed by atoms with Crippen molar-refractivity contribution in [1.29, 1.82) is 0 Å². The highest BCUT2D eigenvalue weighted by molar-refractivity contribution is 5.80. The topological polar surface area (TPSA) is 64.6 Å². The number of allylic oxidation sites excluding steroid dienone is 3. The molecule has 35 heavy (non-hydrogen) atoms. The van der Waals surface area contributed by atoms with E-state index >= 15 is 0 Å². The average molecular weight is 484 g/mol. The van der Waals surface area contributed by atoms with Crippen molar-refractivity contribution in [2.24, 2.45) is 16.7 Å². The molecule has 0 spiro atoms. The molecule has 0 saturated heterocycles. The Labute approximate surface area is 212 Å². The van der Waals surface area contributed by atoms with Crippen molar-refractivity contribution in [2.75, 3.05) is 13.1 Å². The molecular weight excluding hydrogens is 438 g/mol. The van der Waals surface area contributed by atoms with Gasteiger partial charge in [0, 0.05) is 11.5 Å². The van der Waals surface area contributed by atoms with Gasteiger partial charge in [-0.2, -0.15) is 0 Å². The van der Waals surface area contributed by atoms with Gasteiger partial charge in [0.1, 0.15) is 11.5 Å². The fourth-order valence-electron chi connectivity index (χ4n) is 4.12. The van der Waals surface area contributed by atoms with Gasteiger partial charge in [0.25, 0.3) is 0 Å². The van der Waals surface area contributed by atoms with E-state index in [1.165, 1.54) is 5.57 Å². The summed E-state index contributed by atoms with van der Waals surface area (Å²) in [5, 5.41) is 3.33. The second-order valence-corrected chi connectivity index (χ2v) is 11.9. The Kier molecular flexibility index (Phi) is 9.52. The summed E-state index contributed by atoms with van der Waals surface area (Å²) in [5.74, 6) is 0.355. The molecular formula is C30H45NO4. The number of esters is 2. The fraction of sp³-hybridized carbons (Fsp3) is 0.600. The summed E-state index contributed by atoms with van der Waals surface area (Å²) < 4.78 is 12.1. The van der Waals surface area contributed by atoms with Crippen LogP contribution in [0.5, 0.6) is 11.5 Å². The van der Waals surface area contributed by atoms with Crippen molar-refractivity contribution in [3.63, 3.8) is 0 Å². The molecule has 0 saturated carbocycles. The predicted molar refractivity (Wildman–Crippen MR) is 143 cm³/mol. The number of likely N-dealkylation sites (N-methyl/N-ethyl adjacent to an activating group) is 1. The maximum atomic E-state index is 13.0. The Balaban J connectivity index is 2.77. The van der Waals surface area contributed by atoms with E-state index in [4.69, 9.17) is 9.47 Å². The Morgan fingerprint density at radius 1 is 1.03 bits per heavy atom. The predicted octanol–water partition coefficient (Wildman–Crippen LogP) is 6.76. The molecule has 0 unspecified atom stereocenters. The Morgan fingerprint density at radius 3 is 1.97 bits per heavy atom. The number of nitrogens with one attached hydrogen (secondary N) is 1. The molecule has 5 nitrogen and oxygen atoms in total. The second kappa shape index (κ2) is 11.6. The lowest BCUT2D eigenvalue weighted by molar-refractivity contribution is -0.143. The van der Waals surface area contributed by atoms with Crippen LogP contribution in [0.25, 0.3) is 0 Å².